The van der Waals surface area contributed by atoms with Crippen molar-refractivity contribution in [3.05, 3.63) is 29.3 Å². The van der Waals surface area contributed by atoms with Crippen molar-refractivity contribution in [3.63, 3.8) is 0 Å². The molecular weight excluding hydrogens is 204 g/mol. The first-order valence-corrected chi connectivity index (χ1v) is 5.57. The van der Waals surface area contributed by atoms with Crippen LogP contribution in [0.25, 0.3) is 0 Å². The Hall–Kier alpha value is -1.51. The highest BCUT2D eigenvalue weighted by Gasteiger charge is 2.28. The van der Waals surface area contributed by atoms with Gasteiger partial charge in [-0.15, -0.1) is 0 Å². The average Bonchev–Trinajstić information content (AvgIpc) is 2.71. The Bertz CT molecular complexity index is 398. The maximum atomic E-state index is 11.6. The van der Waals surface area contributed by atoms with Gasteiger partial charge in [-0.3, -0.25) is 4.79 Å². The number of fused-ring (bicyclic) bond motifs is 1. The van der Waals surface area contributed by atoms with Crippen LogP contribution in [0, 0.1) is 5.92 Å². The SMILES string of the molecule is CCOC(=O)[C@@H]1Cc2ccc(OC)cc2C1. The molecule has 2 rings (SSSR count). The summed E-state index contributed by atoms with van der Waals surface area (Å²) in [6.45, 7) is 2.29. The number of benzene rings is 1. The summed E-state index contributed by atoms with van der Waals surface area (Å²) in [6, 6.07) is 5.98. The number of carbonyl (C=O) groups is 1. The lowest BCUT2D eigenvalue weighted by Gasteiger charge is -2.06. The summed E-state index contributed by atoms with van der Waals surface area (Å²) in [6.07, 6.45) is 1.56. The van der Waals surface area contributed by atoms with Crippen LogP contribution in [0.4, 0.5) is 0 Å². The van der Waals surface area contributed by atoms with Crippen LogP contribution >= 0.6 is 0 Å². The van der Waals surface area contributed by atoms with Crippen molar-refractivity contribution < 1.29 is 14.3 Å². The molecule has 0 saturated heterocycles. The molecule has 1 atom stereocenters. The minimum atomic E-state index is -0.0855. The second kappa shape index (κ2) is 4.56. The van der Waals surface area contributed by atoms with Gasteiger partial charge in [0.15, 0.2) is 0 Å². The number of ether oxygens (including phenoxy) is 2. The molecule has 1 aliphatic rings. The quantitative estimate of drug-likeness (QED) is 0.731. The largest absolute Gasteiger partial charge is 0.497 e. The third-order valence-corrected chi connectivity index (χ3v) is 2.97. The fourth-order valence-corrected chi connectivity index (χ4v) is 2.15. The Morgan fingerprint density at radius 3 is 2.81 bits per heavy atom. The van der Waals surface area contributed by atoms with Gasteiger partial charge in [-0.1, -0.05) is 6.07 Å². The molecule has 0 aromatic heterocycles. The maximum absolute atomic E-state index is 11.6. The number of esters is 1. The van der Waals surface area contributed by atoms with Crippen molar-refractivity contribution in [2.24, 2.45) is 5.92 Å². The smallest absolute Gasteiger partial charge is 0.309 e. The highest BCUT2D eigenvalue weighted by Crippen LogP contribution is 2.30. The third-order valence-electron chi connectivity index (χ3n) is 2.97. The number of rotatable bonds is 3. The van der Waals surface area contributed by atoms with Crippen LogP contribution in [0.15, 0.2) is 18.2 Å². The van der Waals surface area contributed by atoms with E-state index in [-0.39, 0.29) is 11.9 Å². The highest BCUT2D eigenvalue weighted by atomic mass is 16.5. The number of carbonyl (C=O) groups excluding carboxylic acids is 1. The first-order chi connectivity index (χ1) is 7.74. The van der Waals surface area contributed by atoms with Gasteiger partial charge in [0.05, 0.1) is 19.6 Å². The standard InChI is InChI=1S/C13H16O3/c1-3-16-13(14)11-6-9-4-5-12(15-2)8-10(9)7-11/h4-5,8,11H,3,6-7H2,1-2H3/t11-/m1/s1. The molecule has 0 amide bonds. The zero-order valence-corrected chi connectivity index (χ0v) is 9.66. The van der Waals surface area contributed by atoms with Gasteiger partial charge >= 0.3 is 5.97 Å². The van der Waals surface area contributed by atoms with Crippen LogP contribution in [0.5, 0.6) is 5.75 Å². The van der Waals surface area contributed by atoms with Crippen LogP contribution in [0.2, 0.25) is 0 Å². The predicted molar refractivity (Wildman–Crippen MR) is 60.5 cm³/mol. The lowest BCUT2D eigenvalue weighted by molar-refractivity contribution is -0.147. The van der Waals surface area contributed by atoms with E-state index in [1.54, 1.807) is 7.11 Å². The number of hydrogen-bond acceptors (Lipinski definition) is 3. The van der Waals surface area contributed by atoms with E-state index in [1.807, 2.05) is 25.1 Å². The van der Waals surface area contributed by atoms with E-state index < -0.39 is 0 Å². The minimum Gasteiger partial charge on any atom is -0.497 e. The molecule has 0 fully saturated rings. The van der Waals surface area contributed by atoms with E-state index in [0.717, 1.165) is 18.6 Å². The van der Waals surface area contributed by atoms with Crippen molar-refractivity contribution in [2.45, 2.75) is 19.8 Å². The van der Waals surface area contributed by atoms with Crippen LogP contribution in [0.1, 0.15) is 18.1 Å². The molecule has 1 aliphatic carbocycles. The van der Waals surface area contributed by atoms with Crippen LogP contribution < -0.4 is 4.74 Å². The zero-order valence-electron chi connectivity index (χ0n) is 9.66. The monoisotopic (exact) mass is 220 g/mol. The van der Waals surface area contributed by atoms with Gasteiger partial charge in [-0.25, -0.2) is 0 Å². The Morgan fingerprint density at radius 1 is 1.38 bits per heavy atom. The number of hydrogen-bond donors (Lipinski definition) is 0. The fraction of sp³-hybridized carbons (Fsp3) is 0.462. The maximum Gasteiger partial charge on any atom is 0.309 e. The molecule has 0 saturated carbocycles. The van der Waals surface area contributed by atoms with Crippen LogP contribution in [-0.4, -0.2) is 19.7 Å². The third kappa shape index (κ3) is 2.03. The Morgan fingerprint density at radius 2 is 2.12 bits per heavy atom. The molecule has 0 unspecified atom stereocenters. The van der Waals surface area contributed by atoms with Gasteiger partial charge in [-0.05, 0) is 43.0 Å². The van der Waals surface area contributed by atoms with E-state index in [1.165, 1.54) is 11.1 Å². The van der Waals surface area contributed by atoms with Gasteiger partial charge in [0.1, 0.15) is 5.75 Å². The molecule has 3 nitrogen and oxygen atoms in total. The van der Waals surface area contributed by atoms with Gasteiger partial charge in [-0.2, -0.15) is 0 Å². The van der Waals surface area contributed by atoms with E-state index in [2.05, 4.69) is 0 Å². The Kier molecular flexibility index (Phi) is 3.13. The normalized spacial score (nSPS) is 18.0. The van der Waals surface area contributed by atoms with Gasteiger partial charge in [0, 0.05) is 0 Å². The number of methoxy groups -OCH3 is 1. The van der Waals surface area contributed by atoms with Gasteiger partial charge < -0.3 is 9.47 Å². The van der Waals surface area contributed by atoms with Crippen molar-refractivity contribution >= 4 is 5.97 Å². The summed E-state index contributed by atoms with van der Waals surface area (Å²) in [7, 11) is 1.65. The van der Waals surface area contributed by atoms with E-state index in [0.29, 0.717) is 6.61 Å². The molecule has 0 bridgehead atoms. The lowest BCUT2D eigenvalue weighted by Crippen LogP contribution is -2.17. The highest BCUT2D eigenvalue weighted by molar-refractivity contribution is 5.74. The minimum absolute atomic E-state index is 0.0120. The summed E-state index contributed by atoms with van der Waals surface area (Å²) < 4.78 is 10.2. The second-order valence-corrected chi connectivity index (χ2v) is 3.99. The topological polar surface area (TPSA) is 35.5 Å². The summed E-state index contributed by atoms with van der Waals surface area (Å²) in [4.78, 5) is 11.6. The molecule has 1 aromatic rings. The zero-order chi connectivity index (χ0) is 11.5. The summed E-state index contributed by atoms with van der Waals surface area (Å²) in [5.41, 5.74) is 2.44. The molecule has 86 valence electrons. The molecule has 0 heterocycles. The summed E-state index contributed by atoms with van der Waals surface area (Å²) in [5, 5.41) is 0. The van der Waals surface area contributed by atoms with Crippen molar-refractivity contribution in [1.82, 2.24) is 0 Å². The van der Waals surface area contributed by atoms with E-state index in [9.17, 15) is 4.79 Å². The average molecular weight is 220 g/mol. The lowest BCUT2D eigenvalue weighted by atomic mass is 10.1. The first kappa shape index (κ1) is 11.0. The van der Waals surface area contributed by atoms with Gasteiger partial charge in [0.2, 0.25) is 0 Å². The molecule has 0 aliphatic heterocycles. The Balaban J connectivity index is 2.11. The second-order valence-electron chi connectivity index (χ2n) is 3.99. The molecule has 0 spiro atoms. The van der Waals surface area contributed by atoms with Gasteiger partial charge in [0.25, 0.3) is 0 Å². The fourth-order valence-electron chi connectivity index (χ4n) is 2.15. The van der Waals surface area contributed by atoms with Crippen molar-refractivity contribution in [3.8, 4) is 5.75 Å². The van der Waals surface area contributed by atoms with Crippen molar-refractivity contribution in [1.29, 1.82) is 0 Å². The predicted octanol–water partition coefficient (Wildman–Crippen LogP) is 1.97. The van der Waals surface area contributed by atoms with E-state index >= 15 is 0 Å². The molecule has 0 radical (unpaired) electrons. The molecule has 1 aromatic carbocycles. The molecule has 16 heavy (non-hydrogen) atoms. The molecule has 0 N–H and O–H groups in total. The van der Waals surface area contributed by atoms with Crippen LogP contribution in [0.3, 0.4) is 0 Å². The van der Waals surface area contributed by atoms with Crippen LogP contribution in [-0.2, 0) is 22.4 Å². The molecule has 3 heteroatoms. The Labute approximate surface area is 95.4 Å². The first-order valence-electron chi connectivity index (χ1n) is 5.57. The van der Waals surface area contributed by atoms with E-state index in [4.69, 9.17) is 9.47 Å². The van der Waals surface area contributed by atoms with Crippen molar-refractivity contribution in [2.75, 3.05) is 13.7 Å². The summed E-state index contributed by atoms with van der Waals surface area (Å²) >= 11 is 0. The summed E-state index contributed by atoms with van der Waals surface area (Å²) in [5.74, 6) is 0.753. The molecular formula is C13H16O3.